The second-order valence-electron chi connectivity index (χ2n) is 6.08. The molecular formula is C14H25NO4. The van der Waals surface area contributed by atoms with Gasteiger partial charge in [-0.1, -0.05) is 20.8 Å². The van der Waals surface area contributed by atoms with Crippen molar-refractivity contribution >= 4 is 17.5 Å². The molecule has 1 unspecified atom stereocenters. The van der Waals surface area contributed by atoms with Gasteiger partial charge in [0.1, 0.15) is 5.78 Å². The highest BCUT2D eigenvalue weighted by Gasteiger charge is 2.37. The standard InChI is InChI=1S/C14H25NO4/c1-7-13(3,4)12(19)10(8-11(17)18)15-14(5,6)9(2)16/h10,15H,7-8H2,1-6H3,(H,17,18). The molecule has 0 amide bonds. The normalized spacial score (nSPS) is 14.0. The number of ketones is 2. The van der Waals surface area contributed by atoms with E-state index in [1.165, 1.54) is 6.92 Å². The van der Waals surface area contributed by atoms with Gasteiger partial charge in [-0.2, -0.15) is 0 Å². The molecule has 0 aromatic carbocycles. The third-order valence-corrected chi connectivity index (χ3v) is 3.66. The summed E-state index contributed by atoms with van der Waals surface area (Å²) in [4.78, 5) is 34.8. The van der Waals surface area contributed by atoms with Gasteiger partial charge >= 0.3 is 5.97 Å². The minimum Gasteiger partial charge on any atom is -0.481 e. The topological polar surface area (TPSA) is 83.5 Å². The van der Waals surface area contributed by atoms with Gasteiger partial charge in [-0.3, -0.25) is 19.7 Å². The van der Waals surface area contributed by atoms with E-state index in [1.54, 1.807) is 27.7 Å². The molecule has 0 aromatic rings. The summed E-state index contributed by atoms with van der Waals surface area (Å²) in [6.07, 6.45) is 0.295. The molecule has 0 heterocycles. The summed E-state index contributed by atoms with van der Waals surface area (Å²) in [6, 6.07) is -0.855. The van der Waals surface area contributed by atoms with Gasteiger partial charge < -0.3 is 5.11 Å². The first kappa shape index (κ1) is 17.8. The first-order valence-corrected chi connectivity index (χ1v) is 6.49. The lowest BCUT2D eigenvalue weighted by atomic mass is 9.80. The number of aliphatic carboxylic acids is 1. The first-order chi connectivity index (χ1) is 8.44. The Bertz CT molecular complexity index is 372. The Kier molecular flexibility index (Phi) is 5.87. The molecule has 0 saturated carbocycles. The number of carbonyl (C=O) groups excluding carboxylic acids is 2. The molecular weight excluding hydrogens is 246 g/mol. The van der Waals surface area contributed by atoms with Crippen molar-refractivity contribution in [2.45, 2.75) is 66.0 Å². The van der Waals surface area contributed by atoms with Crippen LogP contribution in [0.15, 0.2) is 0 Å². The zero-order chi connectivity index (χ0) is 15.4. The van der Waals surface area contributed by atoms with Crippen molar-refractivity contribution in [3.63, 3.8) is 0 Å². The highest BCUT2D eigenvalue weighted by atomic mass is 16.4. The van der Waals surface area contributed by atoms with Crippen molar-refractivity contribution in [2.24, 2.45) is 5.41 Å². The third-order valence-electron chi connectivity index (χ3n) is 3.66. The lowest BCUT2D eigenvalue weighted by molar-refractivity contribution is -0.142. The van der Waals surface area contributed by atoms with E-state index in [4.69, 9.17) is 5.11 Å². The Morgan fingerprint density at radius 3 is 1.95 bits per heavy atom. The highest BCUT2D eigenvalue weighted by molar-refractivity contribution is 5.93. The quantitative estimate of drug-likeness (QED) is 0.703. The van der Waals surface area contributed by atoms with E-state index in [-0.39, 0.29) is 18.0 Å². The Balaban J connectivity index is 5.19. The van der Waals surface area contributed by atoms with Gasteiger partial charge in [0.05, 0.1) is 18.0 Å². The van der Waals surface area contributed by atoms with E-state index < -0.39 is 23.0 Å². The van der Waals surface area contributed by atoms with Crippen LogP contribution in [0.25, 0.3) is 0 Å². The second-order valence-corrected chi connectivity index (χ2v) is 6.08. The van der Waals surface area contributed by atoms with E-state index in [0.717, 1.165) is 0 Å². The van der Waals surface area contributed by atoms with Gasteiger partial charge in [0.25, 0.3) is 0 Å². The molecule has 2 N–H and O–H groups in total. The second kappa shape index (κ2) is 6.28. The minimum atomic E-state index is -1.06. The summed E-state index contributed by atoms with van der Waals surface area (Å²) < 4.78 is 0. The molecule has 0 aromatic heterocycles. The molecule has 1 atom stereocenters. The number of Topliss-reactive ketones (excluding diaryl/α,β-unsaturated/α-hetero) is 2. The molecule has 0 aliphatic carbocycles. The number of hydrogen-bond donors (Lipinski definition) is 2. The van der Waals surface area contributed by atoms with Crippen LogP contribution < -0.4 is 5.32 Å². The van der Waals surface area contributed by atoms with Crippen LogP contribution in [-0.4, -0.2) is 34.2 Å². The fourth-order valence-corrected chi connectivity index (χ4v) is 1.57. The summed E-state index contributed by atoms with van der Waals surface area (Å²) in [6.45, 7) is 10.2. The third kappa shape index (κ3) is 5.11. The van der Waals surface area contributed by atoms with Crippen molar-refractivity contribution < 1.29 is 19.5 Å². The zero-order valence-electron chi connectivity index (χ0n) is 12.7. The van der Waals surface area contributed by atoms with E-state index in [1.807, 2.05) is 6.92 Å². The van der Waals surface area contributed by atoms with Gasteiger partial charge in [-0.25, -0.2) is 0 Å². The van der Waals surface area contributed by atoms with Crippen molar-refractivity contribution in [2.75, 3.05) is 0 Å². The molecule has 0 spiro atoms. The Labute approximate surface area is 114 Å². The Morgan fingerprint density at radius 2 is 1.63 bits per heavy atom. The molecule has 19 heavy (non-hydrogen) atoms. The number of carboxylic acids is 1. The number of carbonyl (C=O) groups is 3. The van der Waals surface area contributed by atoms with Gasteiger partial charge in [0.15, 0.2) is 5.78 Å². The molecule has 0 saturated heterocycles. The van der Waals surface area contributed by atoms with E-state index in [0.29, 0.717) is 6.42 Å². The average Bonchev–Trinajstić information content (AvgIpc) is 2.25. The number of hydrogen-bond acceptors (Lipinski definition) is 4. The molecule has 0 radical (unpaired) electrons. The van der Waals surface area contributed by atoms with Crippen molar-refractivity contribution in [3.05, 3.63) is 0 Å². The maximum absolute atomic E-state index is 12.4. The van der Waals surface area contributed by atoms with Crippen LogP contribution in [0.1, 0.15) is 54.4 Å². The number of nitrogens with one attached hydrogen (secondary N) is 1. The fraction of sp³-hybridized carbons (Fsp3) is 0.786. The summed E-state index contributed by atoms with van der Waals surface area (Å²) >= 11 is 0. The first-order valence-electron chi connectivity index (χ1n) is 6.49. The Morgan fingerprint density at radius 1 is 1.16 bits per heavy atom. The summed E-state index contributed by atoms with van der Waals surface area (Å²) in [7, 11) is 0. The summed E-state index contributed by atoms with van der Waals surface area (Å²) in [5.41, 5.74) is -1.53. The Hall–Kier alpha value is -1.23. The zero-order valence-corrected chi connectivity index (χ0v) is 12.7. The van der Waals surface area contributed by atoms with Crippen LogP contribution in [0, 0.1) is 5.41 Å². The number of rotatable bonds is 8. The fourth-order valence-electron chi connectivity index (χ4n) is 1.57. The average molecular weight is 271 g/mol. The van der Waals surface area contributed by atoms with E-state index >= 15 is 0 Å². The monoisotopic (exact) mass is 271 g/mol. The van der Waals surface area contributed by atoms with Gasteiger partial charge in [-0.15, -0.1) is 0 Å². The summed E-state index contributed by atoms with van der Waals surface area (Å²) in [5.74, 6) is -1.37. The smallest absolute Gasteiger partial charge is 0.305 e. The van der Waals surface area contributed by atoms with Gasteiger partial charge in [-0.05, 0) is 27.2 Å². The molecule has 0 aliphatic heterocycles. The molecule has 5 heteroatoms. The molecule has 110 valence electrons. The van der Waals surface area contributed by atoms with E-state index in [2.05, 4.69) is 5.32 Å². The highest BCUT2D eigenvalue weighted by Crippen LogP contribution is 2.24. The van der Waals surface area contributed by atoms with Crippen LogP contribution in [0.5, 0.6) is 0 Å². The minimum absolute atomic E-state index is 0.134. The summed E-state index contributed by atoms with van der Waals surface area (Å²) in [5, 5.41) is 11.8. The van der Waals surface area contributed by atoms with Crippen LogP contribution in [0.2, 0.25) is 0 Å². The maximum atomic E-state index is 12.4. The molecule has 0 fully saturated rings. The lowest BCUT2D eigenvalue weighted by Gasteiger charge is -2.33. The molecule has 0 rings (SSSR count). The molecule has 0 bridgehead atoms. The van der Waals surface area contributed by atoms with Crippen LogP contribution >= 0.6 is 0 Å². The molecule has 0 aliphatic rings. The van der Waals surface area contributed by atoms with Crippen LogP contribution in [-0.2, 0) is 14.4 Å². The van der Waals surface area contributed by atoms with Gasteiger partial charge in [0.2, 0.25) is 0 Å². The van der Waals surface area contributed by atoms with Crippen molar-refractivity contribution in [1.29, 1.82) is 0 Å². The SMILES string of the molecule is CCC(C)(C)C(=O)C(CC(=O)O)NC(C)(C)C(C)=O. The predicted molar refractivity (Wildman–Crippen MR) is 73.0 cm³/mol. The van der Waals surface area contributed by atoms with E-state index in [9.17, 15) is 14.4 Å². The van der Waals surface area contributed by atoms with Crippen LogP contribution in [0.3, 0.4) is 0 Å². The predicted octanol–water partition coefficient (Wildman–Crippen LogP) is 1.79. The lowest BCUT2D eigenvalue weighted by Crippen LogP contribution is -2.56. The van der Waals surface area contributed by atoms with Gasteiger partial charge in [0, 0.05) is 5.41 Å². The largest absolute Gasteiger partial charge is 0.481 e. The van der Waals surface area contributed by atoms with Crippen LogP contribution in [0.4, 0.5) is 0 Å². The van der Waals surface area contributed by atoms with Crippen molar-refractivity contribution in [1.82, 2.24) is 5.32 Å². The number of carboxylic acid groups (broad SMARTS) is 1. The molecule has 5 nitrogen and oxygen atoms in total. The maximum Gasteiger partial charge on any atom is 0.305 e. The van der Waals surface area contributed by atoms with Crippen molar-refractivity contribution in [3.8, 4) is 0 Å².